The van der Waals surface area contributed by atoms with Crippen molar-refractivity contribution >= 4 is 5.97 Å². The average Bonchev–Trinajstić information content (AvgIpc) is 2.38. The minimum atomic E-state index is -0.695. The number of piperidine rings is 1. The van der Waals surface area contributed by atoms with E-state index in [1.54, 1.807) is 0 Å². The number of nitrogens with zero attached hydrogens (tertiary/aromatic N) is 1. The first-order valence-corrected chi connectivity index (χ1v) is 7.47. The first-order chi connectivity index (χ1) is 9.44. The van der Waals surface area contributed by atoms with Crippen LogP contribution in [0, 0.1) is 12.8 Å². The molecular weight excluding hydrogens is 250 g/mol. The van der Waals surface area contributed by atoms with Gasteiger partial charge in [-0.05, 0) is 44.3 Å². The highest BCUT2D eigenvalue weighted by atomic mass is 16.4. The van der Waals surface area contributed by atoms with Gasteiger partial charge in [0.15, 0.2) is 0 Å². The van der Waals surface area contributed by atoms with Crippen molar-refractivity contribution in [3.63, 3.8) is 0 Å². The second-order valence-corrected chi connectivity index (χ2v) is 6.45. The van der Waals surface area contributed by atoms with Crippen molar-refractivity contribution in [2.45, 2.75) is 39.0 Å². The van der Waals surface area contributed by atoms with Crippen molar-refractivity contribution < 1.29 is 9.90 Å². The van der Waals surface area contributed by atoms with Gasteiger partial charge in [0.2, 0.25) is 0 Å². The van der Waals surface area contributed by atoms with Gasteiger partial charge in [0, 0.05) is 6.54 Å². The van der Waals surface area contributed by atoms with Gasteiger partial charge < -0.3 is 10.0 Å². The maximum atomic E-state index is 11.9. The molecule has 0 atom stereocenters. The lowest BCUT2D eigenvalue weighted by molar-refractivity contribution is -0.146. The summed E-state index contributed by atoms with van der Waals surface area (Å²) in [5, 5.41) is 9.78. The molecule has 110 valence electrons. The van der Waals surface area contributed by atoms with Crippen molar-refractivity contribution in [2.24, 2.45) is 5.92 Å². The van der Waals surface area contributed by atoms with Crippen LogP contribution in [-0.4, -0.2) is 35.6 Å². The molecule has 0 radical (unpaired) electrons. The molecule has 1 aliphatic rings. The Hall–Kier alpha value is -1.35. The molecule has 0 bridgehead atoms. The Balaban J connectivity index is 2.20. The van der Waals surface area contributed by atoms with E-state index in [9.17, 15) is 9.90 Å². The van der Waals surface area contributed by atoms with Gasteiger partial charge in [-0.15, -0.1) is 0 Å². The number of hydrogen-bond acceptors (Lipinski definition) is 2. The lowest BCUT2D eigenvalue weighted by atomic mass is 9.72. The van der Waals surface area contributed by atoms with Gasteiger partial charge in [0.25, 0.3) is 0 Å². The molecular formula is C17H25NO2. The third-order valence-corrected chi connectivity index (χ3v) is 4.31. The zero-order valence-electron chi connectivity index (χ0n) is 12.7. The molecule has 1 fully saturated rings. The lowest BCUT2D eigenvalue weighted by Gasteiger charge is -2.40. The van der Waals surface area contributed by atoms with Gasteiger partial charge in [-0.25, -0.2) is 0 Å². The molecule has 1 aromatic rings. The topological polar surface area (TPSA) is 40.5 Å². The largest absolute Gasteiger partial charge is 0.481 e. The normalized spacial score (nSPS) is 19.2. The van der Waals surface area contributed by atoms with Crippen LogP contribution >= 0.6 is 0 Å². The van der Waals surface area contributed by atoms with Gasteiger partial charge in [-0.2, -0.15) is 0 Å². The molecule has 0 spiro atoms. The Kier molecular flexibility index (Phi) is 4.48. The number of aliphatic carboxylic acids is 1. The zero-order valence-corrected chi connectivity index (χ0v) is 12.7. The van der Waals surface area contributed by atoms with Crippen LogP contribution in [0.25, 0.3) is 0 Å². The van der Waals surface area contributed by atoms with Crippen molar-refractivity contribution in [2.75, 3.05) is 19.6 Å². The Morgan fingerprint density at radius 1 is 1.35 bits per heavy atom. The number of carboxylic acids is 1. The molecule has 1 saturated heterocycles. The zero-order chi connectivity index (χ0) is 14.8. The number of carbonyl (C=O) groups is 1. The highest BCUT2D eigenvalue weighted by molar-refractivity contribution is 5.81. The predicted octanol–water partition coefficient (Wildman–Crippen LogP) is 3.07. The summed E-state index contributed by atoms with van der Waals surface area (Å²) in [4.78, 5) is 14.3. The highest BCUT2D eigenvalue weighted by Gasteiger charge is 2.43. The van der Waals surface area contributed by atoms with Gasteiger partial charge in [0.05, 0.1) is 5.41 Å². The fraction of sp³-hybridized carbons (Fsp3) is 0.588. The van der Waals surface area contributed by atoms with E-state index in [-0.39, 0.29) is 0 Å². The van der Waals surface area contributed by atoms with Crippen molar-refractivity contribution in [3.8, 4) is 0 Å². The van der Waals surface area contributed by atoms with Crippen LogP contribution in [0.5, 0.6) is 0 Å². The van der Waals surface area contributed by atoms with Gasteiger partial charge in [-0.3, -0.25) is 4.79 Å². The van der Waals surface area contributed by atoms with Crippen LogP contribution in [0.1, 0.15) is 37.8 Å². The molecule has 0 unspecified atom stereocenters. The van der Waals surface area contributed by atoms with Crippen molar-refractivity contribution in [1.82, 2.24) is 4.90 Å². The van der Waals surface area contributed by atoms with E-state index >= 15 is 0 Å². The summed E-state index contributed by atoms with van der Waals surface area (Å²) in [6.45, 7) is 9.24. The molecule has 0 aromatic heterocycles. The number of carboxylic acid groups (broad SMARTS) is 1. The molecule has 3 nitrogen and oxygen atoms in total. The van der Waals surface area contributed by atoms with E-state index in [1.807, 2.05) is 31.2 Å². The Morgan fingerprint density at radius 3 is 2.50 bits per heavy atom. The first kappa shape index (κ1) is 15.0. The molecule has 1 heterocycles. The summed E-state index contributed by atoms with van der Waals surface area (Å²) in [5.74, 6) is -0.0430. The first-order valence-electron chi connectivity index (χ1n) is 7.47. The molecule has 1 aromatic carbocycles. The van der Waals surface area contributed by atoms with Crippen LogP contribution in [0.2, 0.25) is 0 Å². The number of rotatable bonds is 4. The predicted molar refractivity (Wildman–Crippen MR) is 81.0 cm³/mol. The average molecular weight is 275 g/mol. The van der Waals surface area contributed by atoms with E-state index in [0.717, 1.165) is 30.8 Å². The fourth-order valence-corrected chi connectivity index (χ4v) is 3.20. The molecule has 0 amide bonds. The molecule has 3 heteroatoms. The molecule has 2 rings (SSSR count). The van der Waals surface area contributed by atoms with E-state index in [4.69, 9.17) is 0 Å². The molecule has 1 N–H and O–H groups in total. The van der Waals surface area contributed by atoms with Gasteiger partial charge >= 0.3 is 5.97 Å². The summed E-state index contributed by atoms with van der Waals surface area (Å²) in [5.41, 5.74) is 1.40. The van der Waals surface area contributed by atoms with E-state index in [1.165, 1.54) is 0 Å². The molecule has 0 saturated carbocycles. The summed E-state index contributed by atoms with van der Waals surface area (Å²) in [7, 11) is 0. The molecule has 1 aliphatic heterocycles. The third kappa shape index (κ3) is 3.04. The second-order valence-electron chi connectivity index (χ2n) is 6.45. The number of aryl methyl sites for hydroxylation is 1. The summed E-state index contributed by atoms with van der Waals surface area (Å²) < 4.78 is 0. The van der Waals surface area contributed by atoms with Crippen LogP contribution in [-0.2, 0) is 10.2 Å². The van der Waals surface area contributed by atoms with Gasteiger partial charge in [-0.1, -0.05) is 43.7 Å². The molecule has 20 heavy (non-hydrogen) atoms. The smallest absolute Gasteiger partial charge is 0.314 e. The number of benzene rings is 1. The fourth-order valence-electron chi connectivity index (χ4n) is 3.20. The van der Waals surface area contributed by atoms with Crippen LogP contribution in [0.3, 0.4) is 0 Å². The second kappa shape index (κ2) is 5.96. The van der Waals surface area contributed by atoms with E-state index in [2.05, 4.69) is 18.7 Å². The standard InChI is InChI=1S/C17H25NO2/c1-13(2)12-18-9-7-17(8-10-18,16(19)20)15-6-4-5-14(3)11-15/h4-6,11,13H,7-10,12H2,1-3H3,(H,19,20). The maximum Gasteiger partial charge on any atom is 0.314 e. The SMILES string of the molecule is Cc1cccc(C2(C(=O)O)CCN(CC(C)C)CC2)c1. The molecule has 0 aliphatic carbocycles. The Labute approximate surface area is 121 Å². The Morgan fingerprint density at radius 2 is 2.00 bits per heavy atom. The van der Waals surface area contributed by atoms with E-state index in [0.29, 0.717) is 18.8 Å². The lowest BCUT2D eigenvalue weighted by Crippen LogP contribution is -2.48. The van der Waals surface area contributed by atoms with Crippen molar-refractivity contribution in [3.05, 3.63) is 35.4 Å². The summed E-state index contributed by atoms with van der Waals surface area (Å²) in [6.07, 6.45) is 1.41. The van der Waals surface area contributed by atoms with E-state index < -0.39 is 11.4 Å². The van der Waals surface area contributed by atoms with Crippen LogP contribution < -0.4 is 0 Å². The van der Waals surface area contributed by atoms with Crippen molar-refractivity contribution in [1.29, 1.82) is 0 Å². The number of hydrogen-bond donors (Lipinski definition) is 1. The monoisotopic (exact) mass is 275 g/mol. The van der Waals surface area contributed by atoms with Crippen LogP contribution in [0.4, 0.5) is 0 Å². The third-order valence-electron chi connectivity index (χ3n) is 4.31. The maximum absolute atomic E-state index is 11.9. The van der Waals surface area contributed by atoms with Crippen LogP contribution in [0.15, 0.2) is 24.3 Å². The highest BCUT2D eigenvalue weighted by Crippen LogP contribution is 2.36. The summed E-state index contributed by atoms with van der Waals surface area (Å²) >= 11 is 0. The minimum Gasteiger partial charge on any atom is -0.481 e. The number of likely N-dealkylation sites (tertiary alicyclic amines) is 1. The quantitative estimate of drug-likeness (QED) is 0.918. The Bertz CT molecular complexity index is 474. The summed E-state index contributed by atoms with van der Waals surface area (Å²) in [6, 6.07) is 7.99. The minimum absolute atomic E-state index is 0.631. The van der Waals surface area contributed by atoms with Gasteiger partial charge in [0.1, 0.15) is 0 Å².